The molecule has 0 saturated heterocycles. The van der Waals surface area contributed by atoms with Crippen molar-refractivity contribution in [3.63, 3.8) is 0 Å². The Labute approximate surface area is 84.5 Å². The Morgan fingerprint density at radius 1 is 1.50 bits per heavy atom. The number of hydrogen-bond donors (Lipinski definition) is 0. The van der Waals surface area contributed by atoms with Gasteiger partial charge in [0.25, 0.3) is 0 Å². The Bertz CT molecular complexity index is 359. The van der Waals surface area contributed by atoms with E-state index in [2.05, 4.69) is 37.1 Å². The van der Waals surface area contributed by atoms with Crippen LogP contribution in [0.2, 0.25) is 0 Å². The molecule has 0 amide bonds. The fourth-order valence-electron chi connectivity index (χ4n) is 2.07. The van der Waals surface area contributed by atoms with Crippen LogP contribution in [0.25, 0.3) is 0 Å². The van der Waals surface area contributed by atoms with Crippen LogP contribution in [0.4, 0.5) is 5.69 Å². The quantitative estimate of drug-likeness (QED) is 0.631. The molecule has 0 N–H and O–H groups in total. The molecule has 0 spiro atoms. The molecule has 2 heteroatoms. The van der Waals surface area contributed by atoms with Crippen LogP contribution in [-0.4, -0.2) is 19.9 Å². The van der Waals surface area contributed by atoms with Gasteiger partial charge in [0.05, 0.1) is 0 Å². The third-order valence-corrected chi connectivity index (χ3v) is 2.93. The SMILES string of the molecule is Cc1ccc2c(c1)C(C=O)CCN2C. The first-order valence-electron chi connectivity index (χ1n) is 4.99. The van der Waals surface area contributed by atoms with Gasteiger partial charge in [-0.3, -0.25) is 0 Å². The van der Waals surface area contributed by atoms with Gasteiger partial charge in [-0.2, -0.15) is 0 Å². The van der Waals surface area contributed by atoms with Gasteiger partial charge < -0.3 is 9.69 Å². The maximum Gasteiger partial charge on any atom is 0.127 e. The summed E-state index contributed by atoms with van der Waals surface area (Å²) in [5.41, 5.74) is 3.62. The van der Waals surface area contributed by atoms with Gasteiger partial charge >= 0.3 is 0 Å². The van der Waals surface area contributed by atoms with E-state index in [4.69, 9.17) is 0 Å². The topological polar surface area (TPSA) is 20.3 Å². The molecular formula is C12H15NO. The van der Waals surface area contributed by atoms with Gasteiger partial charge in [-0.1, -0.05) is 17.7 Å². The summed E-state index contributed by atoms with van der Waals surface area (Å²) in [6.45, 7) is 3.04. The predicted octanol–water partition coefficient (Wildman–Crippen LogP) is 2.12. The average molecular weight is 189 g/mol. The van der Waals surface area contributed by atoms with E-state index in [-0.39, 0.29) is 5.92 Å². The summed E-state index contributed by atoms with van der Waals surface area (Å²) in [6.07, 6.45) is 2.02. The molecule has 0 aliphatic carbocycles. The second kappa shape index (κ2) is 3.45. The fourth-order valence-corrected chi connectivity index (χ4v) is 2.07. The molecule has 1 heterocycles. The first kappa shape index (κ1) is 9.25. The Morgan fingerprint density at radius 2 is 2.29 bits per heavy atom. The zero-order chi connectivity index (χ0) is 10.1. The first-order chi connectivity index (χ1) is 6.72. The summed E-state index contributed by atoms with van der Waals surface area (Å²) in [4.78, 5) is 13.1. The molecule has 2 rings (SSSR count). The van der Waals surface area contributed by atoms with Crippen molar-refractivity contribution in [2.45, 2.75) is 19.3 Å². The van der Waals surface area contributed by atoms with Crippen molar-refractivity contribution in [1.29, 1.82) is 0 Å². The summed E-state index contributed by atoms with van der Waals surface area (Å²) in [6, 6.07) is 6.34. The van der Waals surface area contributed by atoms with E-state index in [1.165, 1.54) is 16.8 Å². The van der Waals surface area contributed by atoms with Crippen molar-refractivity contribution in [2.75, 3.05) is 18.5 Å². The van der Waals surface area contributed by atoms with E-state index in [0.29, 0.717) is 0 Å². The van der Waals surface area contributed by atoms with E-state index in [1.807, 2.05) is 0 Å². The second-order valence-corrected chi connectivity index (χ2v) is 4.02. The van der Waals surface area contributed by atoms with Crippen LogP contribution in [0.3, 0.4) is 0 Å². The smallest absolute Gasteiger partial charge is 0.127 e. The molecule has 1 atom stereocenters. The molecule has 1 aliphatic heterocycles. The molecule has 0 saturated carbocycles. The highest BCUT2D eigenvalue weighted by molar-refractivity contribution is 5.71. The van der Waals surface area contributed by atoms with Gasteiger partial charge in [0.15, 0.2) is 0 Å². The van der Waals surface area contributed by atoms with Crippen LogP contribution in [0.15, 0.2) is 18.2 Å². The van der Waals surface area contributed by atoms with Gasteiger partial charge in [0.2, 0.25) is 0 Å². The van der Waals surface area contributed by atoms with Gasteiger partial charge in [0.1, 0.15) is 6.29 Å². The second-order valence-electron chi connectivity index (χ2n) is 4.02. The third-order valence-electron chi connectivity index (χ3n) is 2.93. The maximum atomic E-state index is 10.9. The molecule has 1 aromatic carbocycles. The third kappa shape index (κ3) is 1.41. The maximum absolute atomic E-state index is 10.9. The molecular weight excluding hydrogens is 174 g/mol. The van der Waals surface area contributed by atoms with Crippen molar-refractivity contribution < 1.29 is 4.79 Å². The Hall–Kier alpha value is -1.31. The Morgan fingerprint density at radius 3 is 3.00 bits per heavy atom. The van der Waals surface area contributed by atoms with Crippen LogP contribution in [0.5, 0.6) is 0 Å². The first-order valence-corrected chi connectivity index (χ1v) is 4.99. The minimum Gasteiger partial charge on any atom is -0.374 e. The van der Waals surface area contributed by atoms with Gasteiger partial charge in [0, 0.05) is 25.2 Å². The summed E-state index contributed by atoms with van der Waals surface area (Å²) >= 11 is 0. The van der Waals surface area contributed by atoms with E-state index in [1.54, 1.807) is 0 Å². The lowest BCUT2D eigenvalue weighted by Crippen LogP contribution is -2.27. The van der Waals surface area contributed by atoms with Gasteiger partial charge in [-0.05, 0) is 25.0 Å². The monoisotopic (exact) mass is 189 g/mol. The Balaban J connectivity index is 2.51. The molecule has 74 valence electrons. The lowest BCUT2D eigenvalue weighted by atomic mass is 9.90. The number of carbonyl (C=O) groups is 1. The normalized spacial score (nSPS) is 20.4. The molecule has 0 bridgehead atoms. The lowest BCUT2D eigenvalue weighted by Gasteiger charge is -2.31. The number of anilines is 1. The molecule has 0 radical (unpaired) electrons. The van der Waals surface area contributed by atoms with Gasteiger partial charge in [-0.25, -0.2) is 0 Å². The van der Waals surface area contributed by atoms with Crippen LogP contribution >= 0.6 is 0 Å². The number of aryl methyl sites for hydroxylation is 1. The lowest BCUT2D eigenvalue weighted by molar-refractivity contribution is -0.109. The van der Waals surface area contributed by atoms with Crippen LogP contribution in [0.1, 0.15) is 23.5 Å². The van der Waals surface area contributed by atoms with E-state index >= 15 is 0 Å². The number of carbonyl (C=O) groups excluding carboxylic acids is 1. The van der Waals surface area contributed by atoms with Crippen molar-refractivity contribution in [1.82, 2.24) is 0 Å². The molecule has 1 unspecified atom stereocenters. The molecule has 1 aliphatic rings. The number of hydrogen-bond acceptors (Lipinski definition) is 2. The van der Waals surface area contributed by atoms with Crippen molar-refractivity contribution in [2.24, 2.45) is 0 Å². The highest BCUT2D eigenvalue weighted by Crippen LogP contribution is 2.33. The number of fused-ring (bicyclic) bond motifs is 1. The van der Waals surface area contributed by atoms with Crippen LogP contribution in [-0.2, 0) is 4.79 Å². The van der Waals surface area contributed by atoms with Crippen molar-refractivity contribution in [3.8, 4) is 0 Å². The van der Waals surface area contributed by atoms with E-state index in [0.717, 1.165) is 19.3 Å². The standard InChI is InChI=1S/C12H15NO/c1-9-3-4-12-11(7-9)10(8-14)5-6-13(12)2/h3-4,7-8,10H,5-6H2,1-2H3. The molecule has 14 heavy (non-hydrogen) atoms. The number of aldehydes is 1. The average Bonchev–Trinajstić information content (AvgIpc) is 2.18. The highest BCUT2D eigenvalue weighted by atomic mass is 16.1. The highest BCUT2D eigenvalue weighted by Gasteiger charge is 2.22. The summed E-state index contributed by atoms with van der Waals surface area (Å²) < 4.78 is 0. The summed E-state index contributed by atoms with van der Waals surface area (Å²) in [7, 11) is 2.08. The largest absolute Gasteiger partial charge is 0.374 e. The van der Waals surface area contributed by atoms with Crippen molar-refractivity contribution >= 4 is 12.0 Å². The zero-order valence-corrected chi connectivity index (χ0v) is 8.66. The van der Waals surface area contributed by atoms with Crippen molar-refractivity contribution in [3.05, 3.63) is 29.3 Å². The minimum atomic E-state index is 0.0982. The number of nitrogens with zero attached hydrogens (tertiary/aromatic N) is 1. The fraction of sp³-hybridized carbons (Fsp3) is 0.417. The van der Waals surface area contributed by atoms with Crippen LogP contribution in [0, 0.1) is 6.92 Å². The predicted molar refractivity (Wildman–Crippen MR) is 57.9 cm³/mol. The zero-order valence-electron chi connectivity index (χ0n) is 8.66. The summed E-state index contributed by atoms with van der Waals surface area (Å²) in [5.74, 6) is 0.0982. The summed E-state index contributed by atoms with van der Waals surface area (Å²) in [5, 5.41) is 0. The van der Waals surface area contributed by atoms with E-state index < -0.39 is 0 Å². The van der Waals surface area contributed by atoms with Gasteiger partial charge in [-0.15, -0.1) is 0 Å². The molecule has 1 aromatic rings. The Kier molecular flexibility index (Phi) is 2.28. The minimum absolute atomic E-state index is 0.0982. The molecule has 0 fully saturated rings. The molecule has 2 nitrogen and oxygen atoms in total. The van der Waals surface area contributed by atoms with Crippen LogP contribution < -0.4 is 4.90 Å². The number of benzene rings is 1. The van der Waals surface area contributed by atoms with E-state index in [9.17, 15) is 4.79 Å². The number of rotatable bonds is 1. The molecule has 0 aromatic heterocycles.